The number of amides is 2. The van der Waals surface area contributed by atoms with Gasteiger partial charge in [-0.3, -0.25) is 20.4 Å². The average molecular weight is 412 g/mol. The van der Waals surface area contributed by atoms with Gasteiger partial charge in [0.05, 0.1) is 16.0 Å². The lowest BCUT2D eigenvalue weighted by molar-refractivity contribution is -0.144. The third kappa shape index (κ3) is 2.76. The molecule has 0 radical (unpaired) electrons. The Hall–Kier alpha value is -1.07. The van der Waals surface area contributed by atoms with Gasteiger partial charge in [0.15, 0.2) is 0 Å². The summed E-state index contributed by atoms with van der Waals surface area (Å²) in [5, 5.41) is 0.374. The Bertz CT molecular complexity index is 694. The molecule has 4 fully saturated rings. The number of hydrogen-bond acceptors (Lipinski definition) is 2. The van der Waals surface area contributed by atoms with Crippen LogP contribution in [0.15, 0.2) is 24.3 Å². The molecule has 4 nitrogen and oxygen atoms in total. The van der Waals surface area contributed by atoms with E-state index in [1.165, 1.54) is 19.3 Å². The molecule has 128 valence electrons. The molecule has 0 saturated heterocycles. The van der Waals surface area contributed by atoms with Crippen LogP contribution in [0, 0.1) is 17.3 Å². The zero-order valence-corrected chi connectivity index (χ0v) is 15.6. The first kappa shape index (κ1) is 16.4. The fourth-order valence-corrected chi connectivity index (χ4v) is 7.05. The number of benzene rings is 1. The number of hydrazine groups is 1. The highest BCUT2D eigenvalue weighted by molar-refractivity contribution is 9.10. The lowest BCUT2D eigenvalue weighted by atomic mass is 9.49. The molecule has 2 atom stereocenters. The third-order valence-corrected chi connectivity index (χ3v) is 7.14. The monoisotopic (exact) mass is 410 g/mol. The molecule has 1 aromatic rings. The van der Waals surface area contributed by atoms with Gasteiger partial charge in [-0.2, -0.15) is 0 Å². The molecule has 4 aliphatic rings. The smallest absolute Gasteiger partial charge is 0.271 e. The van der Waals surface area contributed by atoms with Crippen molar-refractivity contribution in [2.45, 2.75) is 42.8 Å². The number of carbonyl (C=O) groups is 2. The Kier molecular flexibility index (Phi) is 3.92. The van der Waals surface area contributed by atoms with Crippen molar-refractivity contribution in [2.75, 3.05) is 0 Å². The molecule has 1 aromatic carbocycles. The fraction of sp³-hybridized carbons (Fsp3) is 0.556. The normalized spacial score (nSPS) is 36.4. The zero-order valence-electron chi connectivity index (χ0n) is 13.3. The number of carbonyl (C=O) groups excluding carboxylic acids is 2. The van der Waals surface area contributed by atoms with Gasteiger partial charge in [0.2, 0.25) is 5.91 Å². The molecule has 4 aliphatic carbocycles. The molecule has 6 heteroatoms. The van der Waals surface area contributed by atoms with Crippen LogP contribution in [-0.2, 0) is 4.79 Å². The second-order valence-corrected chi connectivity index (χ2v) is 9.87. The molecule has 0 spiro atoms. The SMILES string of the molecule is O=C(NNC(=O)C12CC3CC(CC(Br)(C3)C1)C2)c1ccccc1Cl. The van der Waals surface area contributed by atoms with E-state index in [9.17, 15) is 9.59 Å². The van der Waals surface area contributed by atoms with Crippen LogP contribution in [0.2, 0.25) is 5.02 Å². The minimum absolute atomic E-state index is 0.0548. The van der Waals surface area contributed by atoms with Gasteiger partial charge in [-0.1, -0.05) is 39.7 Å². The summed E-state index contributed by atoms with van der Waals surface area (Å²) in [5.41, 5.74) is 5.22. The van der Waals surface area contributed by atoms with Gasteiger partial charge in [0.25, 0.3) is 5.91 Å². The van der Waals surface area contributed by atoms with E-state index in [1.807, 2.05) is 0 Å². The van der Waals surface area contributed by atoms with E-state index >= 15 is 0 Å². The van der Waals surface area contributed by atoms with E-state index in [-0.39, 0.29) is 21.6 Å². The number of alkyl halides is 1. The molecule has 2 amide bonds. The lowest BCUT2D eigenvalue weighted by Crippen LogP contribution is -2.60. The van der Waals surface area contributed by atoms with Gasteiger partial charge in [0, 0.05) is 4.32 Å². The molecule has 24 heavy (non-hydrogen) atoms. The summed E-state index contributed by atoms with van der Waals surface area (Å²) in [4.78, 5) is 25.1. The topological polar surface area (TPSA) is 58.2 Å². The van der Waals surface area contributed by atoms with Crippen LogP contribution in [0.4, 0.5) is 0 Å². The highest BCUT2D eigenvalue weighted by Gasteiger charge is 2.59. The van der Waals surface area contributed by atoms with E-state index in [0.717, 1.165) is 19.3 Å². The van der Waals surface area contributed by atoms with E-state index in [0.29, 0.717) is 22.4 Å². The van der Waals surface area contributed by atoms with E-state index in [2.05, 4.69) is 26.8 Å². The summed E-state index contributed by atoms with van der Waals surface area (Å²) >= 11 is 9.93. The average Bonchev–Trinajstić information content (AvgIpc) is 2.50. The van der Waals surface area contributed by atoms with E-state index < -0.39 is 0 Å². The molecule has 4 saturated carbocycles. The van der Waals surface area contributed by atoms with Crippen molar-refractivity contribution < 1.29 is 9.59 Å². The summed E-state index contributed by atoms with van der Waals surface area (Å²) in [5.74, 6) is 0.805. The molecular weight excluding hydrogens is 392 g/mol. The van der Waals surface area contributed by atoms with Crippen molar-refractivity contribution in [1.82, 2.24) is 10.9 Å². The summed E-state index contributed by atoms with van der Waals surface area (Å²) in [7, 11) is 0. The Morgan fingerprint density at radius 1 is 1.08 bits per heavy atom. The third-order valence-electron chi connectivity index (χ3n) is 5.88. The molecule has 0 aromatic heterocycles. The van der Waals surface area contributed by atoms with Crippen LogP contribution in [0.5, 0.6) is 0 Å². The minimum Gasteiger partial charge on any atom is -0.273 e. The maximum Gasteiger partial charge on any atom is 0.271 e. The van der Waals surface area contributed by atoms with Gasteiger partial charge in [-0.25, -0.2) is 0 Å². The molecule has 4 bridgehead atoms. The predicted octanol–water partition coefficient (Wildman–Crippen LogP) is 3.83. The highest BCUT2D eigenvalue weighted by Crippen LogP contribution is 2.64. The highest BCUT2D eigenvalue weighted by atomic mass is 79.9. The van der Waals surface area contributed by atoms with Crippen LogP contribution in [-0.4, -0.2) is 16.1 Å². The molecular formula is C18H20BrClN2O2. The standard InChI is InChI=1S/C18H20BrClN2O2/c19-18-8-11-5-12(9-18)7-17(6-11,10-18)16(24)22-21-15(23)13-3-1-2-4-14(13)20/h1-4,11-12H,5-10H2,(H,21,23)(H,22,24). The Labute approximate surface area is 154 Å². The maximum atomic E-state index is 12.9. The summed E-state index contributed by atoms with van der Waals surface area (Å²) in [6.07, 6.45) is 6.32. The molecule has 0 heterocycles. The predicted molar refractivity (Wildman–Crippen MR) is 95.8 cm³/mol. The molecule has 2 N–H and O–H groups in total. The van der Waals surface area contributed by atoms with Gasteiger partial charge in [0.1, 0.15) is 0 Å². The molecule has 2 unspecified atom stereocenters. The molecule has 5 rings (SSSR count). The maximum absolute atomic E-state index is 12.9. The quantitative estimate of drug-likeness (QED) is 0.574. The first-order valence-electron chi connectivity index (χ1n) is 8.43. The van der Waals surface area contributed by atoms with Crippen molar-refractivity contribution in [2.24, 2.45) is 17.3 Å². The Morgan fingerprint density at radius 3 is 2.38 bits per heavy atom. The van der Waals surface area contributed by atoms with Gasteiger partial charge < -0.3 is 0 Å². The first-order chi connectivity index (χ1) is 11.4. The van der Waals surface area contributed by atoms with Crippen LogP contribution in [0.1, 0.15) is 48.9 Å². The number of hydrogen-bond donors (Lipinski definition) is 2. The van der Waals surface area contributed by atoms with E-state index in [1.54, 1.807) is 24.3 Å². The van der Waals surface area contributed by atoms with Crippen molar-refractivity contribution >= 4 is 39.3 Å². The van der Waals surface area contributed by atoms with Crippen LogP contribution in [0.25, 0.3) is 0 Å². The van der Waals surface area contributed by atoms with Crippen LogP contribution in [0.3, 0.4) is 0 Å². The van der Waals surface area contributed by atoms with Crippen molar-refractivity contribution in [3.8, 4) is 0 Å². The number of rotatable bonds is 2. The van der Waals surface area contributed by atoms with Gasteiger partial charge in [-0.05, 0) is 62.5 Å². The largest absolute Gasteiger partial charge is 0.273 e. The fourth-order valence-electron chi connectivity index (χ4n) is 5.38. The van der Waals surface area contributed by atoms with Crippen molar-refractivity contribution in [1.29, 1.82) is 0 Å². The van der Waals surface area contributed by atoms with Gasteiger partial charge in [-0.15, -0.1) is 0 Å². The lowest BCUT2D eigenvalue weighted by Gasteiger charge is -2.59. The second kappa shape index (κ2) is 5.73. The number of nitrogens with one attached hydrogen (secondary N) is 2. The zero-order chi connectivity index (χ0) is 16.9. The minimum atomic E-state index is -0.382. The summed E-state index contributed by atoms with van der Waals surface area (Å²) in [6.45, 7) is 0. The Balaban J connectivity index is 1.45. The summed E-state index contributed by atoms with van der Waals surface area (Å²) < 4.78 is 0.112. The van der Waals surface area contributed by atoms with Crippen molar-refractivity contribution in [3.63, 3.8) is 0 Å². The summed E-state index contributed by atoms with van der Waals surface area (Å²) in [6, 6.07) is 6.81. The second-order valence-electron chi connectivity index (χ2n) is 7.78. The van der Waals surface area contributed by atoms with Crippen LogP contribution < -0.4 is 10.9 Å². The Morgan fingerprint density at radius 2 is 1.75 bits per heavy atom. The van der Waals surface area contributed by atoms with Gasteiger partial charge >= 0.3 is 0 Å². The number of halogens is 2. The van der Waals surface area contributed by atoms with Crippen LogP contribution >= 0.6 is 27.5 Å². The molecule has 0 aliphatic heterocycles. The first-order valence-corrected chi connectivity index (χ1v) is 9.61. The van der Waals surface area contributed by atoms with Crippen molar-refractivity contribution in [3.05, 3.63) is 34.9 Å². The van der Waals surface area contributed by atoms with E-state index in [4.69, 9.17) is 11.6 Å².